The molecule has 0 heterocycles. The summed E-state index contributed by atoms with van der Waals surface area (Å²) >= 11 is 0. The molecule has 0 saturated carbocycles. The standard InChI is InChI=1S/C12H15N3O8/c16-8(9(17)10(18)11(19)12(20)21)5-13-14-6-3-1-2-4-7(6)15(22)23/h1-5,8-11,14,16-19H,(H,20,21)/b13-5+/t8-,9+,10+,11-/m0/s1. The fraction of sp³-hybridized carbons (Fsp3) is 0.333. The maximum atomic E-state index is 10.8. The van der Waals surface area contributed by atoms with E-state index < -0.39 is 35.3 Å². The Bertz CT molecular complexity index is 593. The number of nitro groups is 1. The molecule has 1 rings (SSSR count). The summed E-state index contributed by atoms with van der Waals surface area (Å²) in [5.74, 6) is -1.78. The Balaban J connectivity index is 2.71. The minimum atomic E-state index is -2.30. The second-order valence-corrected chi connectivity index (χ2v) is 4.42. The Morgan fingerprint density at radius 2 is 1.83 bits per heavy atom. The number of rotatable bonds is 8. The molecular formula is C12H15N3O8. The first-order valence-corrected chi connectivity index (χ1v) is 6.23. The zero-order chi connectivity index (χ0) is 17.6. The van der Waals surface area contributed by atoms with E-state index in [2.05, 4.69) is 10.5 Å². The van der Waals surface area contributed by atoms with Gasteiger partial charge in [-0.15, -0.1) is 0 Å². The topological polar surface area (TPSA) is 186 Å². The maximum absolute atomic E-state index is 10.8. The molecule has 0 radical (unpaired) electrons. The summed E-state index contributed by atoms with van der Waals surface area (Å²) in [5.41, 5.74) is 2.01. The van der Waals surface area contributed by atoms with Crippen molar-refractivity contribution >= 4 is 23.6 Å². The maximum Gasteiger partial charge on any atom is 0.335 e. The van der Waals surface area contributed by atoms with Crippen molar-refractivity contribution in [2.45, 2.75) is 24.4 Å². The molecule has 0 aromatic heterocycles. The SMILES string of the molecule is O=C(O)[C@@H](O)[C@H](O)[C@H](O)[C@@H](O)/C=N/Nc1ccccc1[N+](=O)[O-]. The molecule has 0 amide bonds. The van der Waals surface area contributed by atoms with Gasteiger partial charge in [0.15, 0.2) is 6.10 Å². The second kappa shape index (κ2) is 8.14. The molecule has 23 heavy (non-hydrogen) atoms. The van der Waals surface area contributed by atoms with Crippen molar-refractivity contribution in [1.82, 2.24) is 0 Å². The van der Waals surface area contributed by atoms with Crippen LogP contribution in [0.2, 0.25) is 0 Å². The van der Waals surface area contributed by atoms with Crippen LogP contribution in [0.3, 0.4) is 0 Å². The zero-order valence-corrected chi connectivity index (χ0v) is 11.6. The Kier molecular flexibility index (Phi) is 6.53. The van der Waals surface area contributed by atoms with Gasteiger partial charge in [-0.25, -0.2) is 4.79 Å². The highest BCUT2D eigenvalue weighted by Crippen LogP contribution is 2.22. The summed E-state index contributed by atoms with van der Waals surface area (Å²) in [5, 5.41) is 60.1. The smallest absolute Gasteiger partial charge is 0.335 e. The second-order valence-electron chi connectivity index (χ2n) is 4.42. The van der Waals surface area contributed by atoms with Crippen LogP contribution in [-0.4, -0.2) is 67.1 Å². The van der Waals surface area contributed by atoms with E-state index in [1.807, 2.05) is 0 Å². The summed E-state index contributed by atoms with van der Waals surface area (Å²) < 4.78 is 0. The summed E-state index contributed by atoms with van der Waals surface area (Å²) in [4.78, 5) is 20.6. The summed E-state index contributed by atoms with van der Waals surface area (Å²) in [6.45, 7) is 0. The largest absolute Gasteiger partial charge is 0.479 e. The number of benzene rings is 1. The lowest BCUT2D eigenvalue weighted by Crippen LogP contribution is -2.48. The molecule has 6 N–H and O–H groups in total. The van der Waals surface area contributed by atoms with Crippen LogP contribution in [0.4, 0.5) is 11.4 Å². The van der Waals surface area contributed by atoms with Crippen LogP contribution in [-0.2, 0) is 4.79 Å². The van der Waals surface area contributed by atoms with Crippen LogP contribution in [0.5, 0.6) is 0 Å². The van der Waals surface area contributed by atoms with Crippen molar-refractivity contribution in [2.75, 3.05) is 5.43 Å². The number of anilines is 1. The molecule has 0 bridgehead atoms. The van der Waals surface area contributed by atoms with E-state index in [1.165, 1.54) is 24.3 Å². The molecule has 11 nitrogen and oxygen atoms in total. The third-order valence-corrected chi connectivity index (χ3v) is 2.79. The van der Waals surface area contributed by atoms with Gasteiger partial charge in [0.1, 0.15) is 24.0 Å². The van der Waals surface area contributed by atoms with Gasteiger partial charge in [0.25, 0.3) is 5.69 Å². The Labute approximate surface area is 129 Å². The molecule has 0 saturated heterocycles. The van der Waals surface area contributed by atoms with Gasteiger partial charge in [-0.3, -0.25) is 15.5 Å². The number of nitrogens with one attached hydrogen (secondary N) is 1. The van der Waals surface area contributed by atoms with E-state index in [4.69, 9.17) is 10.2 Å². The number of hydrazone groups is 1. The number of hydrogen-bond acceptors (Lipinski definition) is 9. The predicted octanol–water partition coefficient (Wildman–Crippen LogP) is -1.48. The van der Waals surface area contributed by atoms with E-state index in [9.17, 15) is 30.2 Å². The number of aliphatic hydroxyl groups excluding tert-OH is 4. The lowest BCUT2D eigenvalue weighted by atomic mass is 10.0. The lowest BCUT2D eigenvalue weighted by Gasteiger charge is -2.22. The van der Waals surface area contributed by atoms with Crippen molar-refractivity contribution in [2.24, 2.45) is 5.10 Å². The number of aliphatic hydroxyl groups is 4. The monoisotopic (exact) mass is 329 g/mol. The highest BCUT2D eigenvalue weighted by molar-refractivity contribution is 5.73. The van der Waals surface area contributed by atoms with Gasteiger partial charge in [0, 0.05) is 6.07 Å². The molecule has 4 atom stereocenters. The van der Waals surface area contributed by atoms with E-state index in [1.54, 1.807) is 0 Å². The fourth-order valence-corrected chi connectivity index (χ4v) is 1.53. The average molecular weight is 329 g/mol. The van der Waals surface area contributed by atoms with Crippen molar-refractivity contribution in [3.8, 4) is 0 Å². The molecule has 0 aliphatic rings. The van der Waals surface area contributed by atoms with E-state index >= 15 is 0 Å². The highest BCUT2D eigenvalue weighted by Gasteiger charge is 2.33. The fourth-order valence-electron chi connectivity index (χ4n) is 1.53. The van der Waals surface area contributed by atoms with Crippen LogP contribution in [0.1, 0.15) is 0 Å². The summed E-state index contributed by atoms with van der Waals surface area (Å²) in [7, 11) is 0. The van der Waals surface area contributed by atoms with E-state index in [0.29, 0.717) is 6.21 Å². The number of nitro benzene ring substituents is 1. The molecule has 0 aliphatic heterocycles. The molecule has 0 spiro atoms. The zero-order valence-electron chi connectivity index (χ0n) is 11.6. The van der Waals surface area contributed by atoms with Crippen molar-refractivity contribution in [3.05, 3.63) is 34.4 Å². The Morgan fingerprint density at radius 1 is 1.22 bits per heavy atom. The average Bonchev–Trinajstić information content (AvgIpc) is 2.52. The molecule has 11 heteroatoms. The van der Waals surface area contributed by atoms with Crippen molar-refractivity contribution in [1.29, 1.82) is 0 Å². The quantitative estimate of drug-likeness (QED) is 0.188. The number of carboxylic acid groups (broad SMARTS) is 1. The highest BCUT2D eigenvalue weighted by atomic mass is 16.6. The van der Waals surface area contributed by atoms with Crippen LogP contribution in [0.15, 0.2) is 29.4 Å². The first-order chi connectivity index (χ1) is 10.8. The van der Waals surface area contributed by atoms with Gasteiger partial charge in [-0.05, 0) is 6.07 Å². The van der Waals surface area contributed by atoms with Gasteiger partial charge in [0.05, 0.1) is 11.1 Å². The summed E-state index contributed by atoms with van der Waals surface area (Å²) in [6, 6.07) is 5.51. The Morgan fingerprint density at radius 3 is 2.39 bits per heavy atom. The molecular weight excluding hydrogens is 314 g/mol. The third kappa shape index (κ3) is 4.96. The van der Waals surface area contributed by atoms with Gasteiger partial charge < -0.3 is 25.5 Å². The normalized spacial score (nSPS) is 16.5. The van der Waals surface area contributed by atoms with Crippen LogP contribution in [0.25, 0.3) is 0 Å². The molecule has 126 valence electrons. The first kappa shape index (κ1) is 18.4. The Hall–Kier alpha value is -2.60. The number of aliphatic carboxylic acids is 1. The van der Waals surface area contributed by atoms with Crippen molar-refractivity contribution < 1.29 is 35.3 Å². The van der Waals surface area contributed by atoms with Gasteiger partial charge in [0.2, 0.25) is 0 Å². The van der Waals surface area contributed by atoms with Crippen LogP contribution in [0, 0.1) is 10.1 Å². The van der Waals surface area contributed by atoms with Gasteiger partial charge in [-0.1, -0.05) is 12.1 Å². The van der Waals surface area contributed by atoms with Crippen LogP contribution < -0.4 is 5.43 Å². The summed E-state index contributed by atoms with van der Waals surface area (Å²) in [6.07, 6.45) is -7.61. The third-order valence-electron chi connectivity index (χ3n) is 2.79. The van der Waals surface area contributed by atoms with Gasteiger partial charge in [-0.2, -0.15) is 5.10 Å². The minimum absolute atomic E-state index is 0.0153. The molecule has 0 aliphatic carbocycles. The molecule has 1 aromatic carbocycles. The number of carboxylic acids is 1. The number of hydrogen-bond donors (Lipinski definition) is 6. The van der Waals surface area contributed by atoms with Gasteiger partial charge >= 0.3 is 5.97 Å². The minimum Gasteiger partial charge on any atom is -0.479 e. The van der Waals surface area contributed by atoms with E-state index in [-0.39, 0.29) is 11.4 Å². The van der Waals surface area contributed by atoms with Crippen molar-refractivity contribution in [3.63, 3.8) is 0 Å². The van der Waals surface area contributed by atoms with Crippen LogP contribution >= 0.6 is 0 Å². The lowest BCUT2D eigenvalue weighted by molar-refractivity contribution is -0.384. The van der Waals surface area contributed by atoms with E-state index in [0.717, 1.165) is 0 Å². The molecule has 1 aromatic rings. The molecule has 0 fully saturated rings. The first-order valence-electron chi connectivity index (χ1n) is 6.23. The number of para-hydroxylation sites is 2. The number of carbonyl (C=O) groups is 1. The number of nitrogens with zero attached hydrogens (tertiary/aromatic N) is 2. The predicted molar refractivity (Wildman–Crippen MR) is 76.9 cm³/mol. The molecule has 0 unspecified atom stereocenters.